The minimum Gasteiger partial charge on any atom is -0.448 e. The number of hydrogen-bond acceptors (Lipinski definition) is 3. The summed E-state index contributed by atoms with van der Waals surface area (Å²) in [5, 5.41) is 0.463. The van der Waals surface area contributed by atoms with E-state index in [0.29, 0.717) is 17.2 Å². The van der Waals surface area contributed by atoms with Gasteiger partial charge in [0.15, 0.2) is 5.22 Å². The first-order valence-electron chi connectivity index (χ1n) is 4.86. The second-order valence-electron chi connectivity index (χ2n) is 3.93. The van der Waals surface area contributed by atoms with Crippen molar-refractivity contribution in [1.29, 1.82) is 0 Å². The number of furan rings is 1. The summed E-state index contributed by atoms with van der Waals surface area (Å²) >= 11 is 5.75. The van der Waals surface area contributed by atoms with E-state index in [4.69, 9.17) is 21.8 Å². The third-order valence-corrected chi connectivity index (χ3v) is 3.09. The van der Waals surface area contributed by atoms with Gasteiger partial charge in [0.05, 0.1) is 6.04 Å². The summed E-state index contributed by atoms with van der Waals surface area (Å²) in [5.74, 6) is 1.53. The Morgan fingerprint density at radius 3 is 2.93 bits per heavy atom. The summed E-state index contributed by atoms with van der Waals surface area (Å²) in [6, 6.07) is 4.08. The molecule has 0 radical (unpaired) electrons. The van der Waals surface area contributed by atoms with Gasteiger partial charge in [-0.15, -0.1) is 0 Å². The summed E-state index contributed by atoms with van der Waals surface area (Å²) in [4.78, 5) is 2.27. The lowest BCUT2D eigenvalue weighted by molar-refractivity contribution is 0.275. The topological polar surface area (TPSA) is 42.4 Å². The standard InChI is InChI=1S/C10H15ClN2O/c1-13-6-7(5-12)4-8(13)9-2-3-10(11)14-9/h2-3,7-8H,4-6,12H2,1H3. The molecule has 1 aliphatic rings. The fourth-order valence-electron chi connectivity index (χ4n) is 2.12. The van der Waals surface area contributed by atoms with Crippen LogP contribution < -0.4 is 5.73 Å². The molecule has 0 bridgehead atoms. The summed E-state index contributed by atoms with van der Waals surface area (Å²) < 4.78 is 5.41. The van der Waals surface area contributed by atoms with Crippen molar-refractivity contribution >= 4 is 11.6 Å². The zero-order valence-electron chi connectivity index (χ0n) is 8.24. The first-order chi connectivity index (χ1) is 6.70. The number of nitrogens with two attached hydrogens (primary N) is 1. The summed E-state index contributed by atoms with van der Waals surface area (Å²) in [7, 11) is 2.09. The Kier molecular flexibility index (Phi) is 2.81. The highest BCUT2D eigenvalue weighted by Gasteiger charge is 2.31. The van der Waals surface area contributed by atoms with Crippen LogP contribution in [0.3, 0.4) is 0 Å². The molecule has 1 aromatic heterocycles. The van der Waals surface area contributed by atoms with Crippen LogP contribution in [0.5, 0.6) is 0 Å². The van der Waals surface area contributed by atoms with Gasteiger partial charge in [-0.2, -0.15) is 0 Å². The summed E-state index contributed by atoms with van der Waals surface area (Å²) in [5.41, 5.74) is 5.66. The van der Waals surface area contributed by atoms with Crippen LogP contribution >= 0.6 is 11.6 Å². The minimum atomic E-state index is 0.344. The fourth-order valence-corrected chi connectivity index (χ4v) is 2.27. The van der Waals surface area contributed by atoms with Gasteiger partial charge >= 0.3 is 0 Å². The van der Waals surface area contributed by atoms with E-state index in [0.717, 1.165) is 25.3 Å². The first-order valence-corrected chi connectivity index (χ1v) is 5.24. The Morgan fingerprint density at radius 2 is 2.43 bits per heavy atom. The number of nitrogens with zero attached hydrogens (tertiary/aromatic N) is 1. The van der Waals surface area contributed by atoms with Crippen molar-refractivity contribution in [3.8, 4) is 0 Å². The SMILES string of the molecule is CN1CC(CN)CC1c1ccc(Cl)o1. The van der Waals surface area contributed by atoms with E-state index in [2.05, 4.69) is 11.9 Å². The van der Waals surface area contributed by atoms with Gasteiger partial charge in [-0.05, 0) is 49.7 Å². The van der Waals surface area contributed by atoms with Crippen LogP contribution in [0.2, 0.25) is 5.22 Å². The average molecular weight is 215 g/mol. The van der Waals surface area contributed by atoms with Gasteiger partial charge in [0, 0.05) is 6.54 Å². The Labute approximate surface area is 88.8 Å². The monoisotopic (exact) mass is 214 g/mol. The molecule has 0 amide bonds. The molecule has 4 heteroatoms. The second kappa shape index (κ2) is 3.93. The molecule has 0 saturated carbocycles. The largest absolute Gasteiger partial charge is 0.448 e. The molecule has 78 valence electrons. The van der Waals surface area contributed by atoms with E-state index in [1.165, 1.54) is 0 Å². The lowest BCUT2D eigenvalue weighted by atomic mass is 10.0. The van der Waals surface area contributed by atoms with Crippen molar-refractivity contribution in [1.82, 2.24) is 4.90 Å². The third-order valence-electron chi connectivity index (χ3n) is 2.89. The Bertz CT molecular complexity index is 313. The normalized spacial score (nSPS) is 28.5. The maximum absolute atomic E-state index is 5.75. The van der Waals surface area contributed by atoms with Gasteiger partial charge in [-0.1, -0.05) is 0 Å². The van der Waals surface area contributed by atoms with Crippen molar-refractivity contribution in [3.63, 3.8) is 0 Å². The van der Waals surface area contributed by atoms with Crippen LogP contribution in [0.4, 0.5) is 0 Å². The maximum atomic E-state index is 5.75. The van der Waals surface area contributed by atoms with E-state index in [-0.39, 0.29) is 0 Å². The molecule has 2 rings (SSSR count). The molecule has 2 heterocycles. The number of hydrogen-bond donors (Lipinski definition) is 1. The quantitative estimate of drug-likeness (QED) is 0.818. The van der Waals surface area contributed by atoms with Crippen LogP contribution in [0, 0.1) is 5.92 Å². The molecule has 1 aromatic rings. The Balaban J connectivity index is 2.12. The van der Waals surface area contributed by atoms with Crippen LogP contribution in [-0.4, -0.2) is 25.0 Å². The van der Waals surface area contributed by atoms with Crippen molar-refractivity contribution in [2.45, 2.75) is 12.5 Å². The predicted molar refractivity (Wildman–Crippen MR) is 56.3 cm³/mol. The molecule has 0 aromatic carbocycles. The maximum Gasteiger partial charge on any atom is 0.193 e. The van der Waals surface area contributed by atoms with Gasteiger partial charge in [-0.3, -0.25) is 4.90 Å². The molecular weight excluding hydrogens is 200 g/mol. The highest BCUT2D eigenvalue weighted by atomic mass is 35.5. The van der Waals surface area contributed by atoms with Crippen molar-refractivity contribution in [2.75, 3.05) is 20.1 Å². The van der Waals surface area contributed by atoms with E-state index < -0.39 is 0 Å². The van der Waals surface area contributed by atoms with Gasteiger partial charge < -0.3 is 10.2 Å². The first kappa shape index (κ1) is 10.0. The molecule has 2 atom stereocenters. The summed E-state index contributed by atoms with van der Waals surface area (Å²) in [6.07, 6.45) is 1.07. The minimum absolute atomic E-state index is 0.344. The average Bonchev–Trinajstić information content (AvgIpc) is 2.71. The molecule has 3 nitrogen and oxygen atoms in total. The van der Waals surface area contributed by atoms with Gasteiger partial charge in [0.1, 0.15) is 5.76 Å². The predicted octanol–water partition coefficient (Wildman–Crippen LogP) is 1.88. The smallest absolute Gasteiger partial charge is 0.193 e. The molecule has 14 heavy (non-hydrogen) atoms. The molecule has 1 saturated heterocycles. The number of halogens is 1. The van der Waals surface area contributed by atoms with Gasteiger partial charge in [-0.25, -0.2) is 0 Å². The van der Waals surface area contributed by atoms with Crippen LogP contribution in [0.25, 0.3) is 0 Å². The summed E-state index contributed by atoms with van der Waals surface area (Å²) in [6.45, 7) is 1.79. The van der Waals surface area contributed by atoms with Gasteiger partial charge in [0.25, 0.3) is 0 Å². The fraction of sp³-hybridized carbons (Fsp3) is 0.600. The molecule has 2 N–H and O–H groups in total. The van der Waals surface area contributed by atoms with E-state index in [1.807, 2.05) is 6.07 Å². The molecule has 1 aliphatic heterocycles. The highest BCUT2D eigenvalue weighted by Crippen LogP contribution is 2.35. The lowest BCUT2D eigenvalue weighted by Gasteiger charge is -2.16. The molecule has 0 spiro atoms. The van der Waals surface area contributed by atoms with Crippen LogP contribution in [0.1, 0.15) is 18.2 Å². The number of rotatable bonds is 2. The highest BCUT2D eigenvalue weighted by molar-refractivity contribution is 6.28. The third kappa shape index (κ3) is 1.80. The molecule has 0 aliphatic carbocycles. The van der Waals surface area contributed by atoms with E-state index in [9.17, 15) is 0 Å². The molecular formula is C10H15ClN2O. The zero-order chi connectivity index (χ0) is 10.1. The van der Waals surface area contributed by atoms with Crippen molar-refractivity contribution in [3.05, 3.63) is 23.1 Å². The van der Waals surface area contributed by atoms with E-state index in [1.54, 1.807) is 6.07 Å². The zero-order valence-corrected chi connectivity index (χ0v) is 9.00. The molecule has 1 fully saturated rings. The van der Waals surface area contributed by atoms with Gasteiger partial charge in [0.2, 0.25) is 0 Å². The second-order valence-corrected chi connectivity index (χ2v) is 4.31. The van der Waals surface area contributed by atoms with Crippen molar-refractivity contribution < 1.29 is 4.42 Å². The van der Waals surface area contributed by atoms with Crippen LogP contribution in [0.15, 0.2) is 16.5 Å². The number of likely N-dealkylation sites (tertiary alicyclic amines) is 1. The molecule has 2 unspecified atom stereocenters. The lowest BCUT2D eigenvalue weighted by Crippen LogP contribution is -2.20. The Morgan fingerprint density at radius 1 is 1.64 bits per heavy atom. The Hall–Kier alpha value is -0.510. The van der Waals surface area contributed by atoms with Crippen molar-refractivity contribution in [2.24, 2.45) is 11.7 Å². The van der Waals surface area contributed by atoms with Crippen LogP contribution in [-0.2, 0) is 0 Å². The van der Waals surface area contributed by atoms with E-state index >= 15 is 0 Å².